The van der Waals surface area contributed by atoms with Gasteiger partial charge < -0.3 is 8.83 Å². The molecule has 0 radical (unpaired) electrons. The topological polar surface area (TPSA) is 63.0 Å². The van der Waals surface area contributed by atoms with Crippen molar-refractivity contribution in [1.82, 2.24) is 4.98 Å². The standard InChI is InChI=1S/C17H15BrN2O2/c1-9-10(8-19)14-15(22-16(20-14)17(2,3)4)13(18)12(9)11-6-5-7-21-11/h5-7H,1-4H3. The van der Waals surface area contributed by atoms with Gasteiger partial charge in [0.2, 0.25) is 5.89 Å². The predicted octanol–water partition coefficient (Wildman–Crippen LogP) is 5.33. The minimum atomic E-state index is -0.232. The Morgan fingerprint density at radius 2 is 2.05 bits per heavy atom. The molecule has 0 aliphatic rings. The fourth-order valence-electron chi connectivity index (χ4n) is 2.39. The molecule has 1 aromatic carbocycles. The Morgan fingerprint density at radius 1 is 1.32 bits per heavy atom. The van der Waals surface area contributed by atoms with Crippen LogP contribution in [0.2, 0.25) is 0 Å². The second-order valence-electron chi connectivity index (χ2n) is 6.22. The summed E-state index contributed by atoms with van der Waals surface area (Å²) in [6.07, 6.45) is 1.61. The molecule has 0 fully saturated rings. The number of oxazole rings is 1. The maximum atomic E-state index is 9.56. The van der Waals surface area contributed by atoms with Crippen LogP contribution in [0.3, 0.4) is 0 Å². The van der Waals surface area contributed by atoms with Gasteiger partial charge in [0.15, 0.2) is 5.58 Å². The van der Waals surface area contributed by atoms with E-state index >= 15 is 0 Å². The molecule has 0 aliphatic heterocycles. The summed E-state index contributed by atoms with van der Waals surface area (Å²) in [6, 6.07) is 5.93. The van der Waals surface area contributed by atoms with Crippen LogP contribution >= 0.6 is 15.9 Å². The summed E-state index contributed by atoms with van der Waals surface area (Å²) >= 11 is 3.59. The molecule has 112 valence electrons. The van der Waals surface area contributed by atoms with Crippen molar-refractivity contribution < 1.29 is 8.83 Å². The van der Waals surface area contributed by atoms with E-state index in [0.29, 0.717) is 28.3 Å². The van der Waals surface area contributed by atoms with Crippen LogP contribution in [-0.2, 0) is 5.41 Å². The summed E-state index contributed by atoms with van der Waals surface area (Å²) in [5, 5.41) is 9.56. The number of benzene rings is 1. The van der Waals surface area contributed by atoms with Crippen LogP contribution in [0.25, 0.3) is 22.4 Å². The van der Waals surface area contributed by atoms with Crippen LogP contribution in [0.15, 0.2) is 31.7 Å². The molecule has 0 aliphatic carbocycles. The van der Waals surface area contributed by atoms with Crippen molar-refractivity contribution in [3.05, 3.63) is 39.9 Å². The van der Waals surface area contributed by atoms with Gasteiger partial charge in [-0.25, -0.2) is 4.98 Å². The number of aromatic nitrogens is 1. The maximum Gasteiger partial charge on any atom is 0.200 e. The molecule has 0 unspecified atom stereocenters. The van der Waals surface area contributed by atoms with Crippen LogP contribution in [0.5, 0.6) is 0 Å². The van der Waals surface area contributed by atoms with Crippen molar-refractivity contribution >= 4 is 27.0 Å². The average Bonchev–Trinajstić information content (AvgIpc) is 3.07. The summed E-state index contributed by atoms with van der Waals surface area (Å²) in [5.74, 6) is 1.30. The number of fused-ring (bicyclic) bond motifs is 1. The number of nitriles is 1. The fourth-order valence-corrected chi connectivity index (χ4v) is 3.15. The smallest absolute Gasteiger partial charge is 0.200 e. The summed E-state index contributed by atoms with van der Waals surface area (Å²) in [4.78, 5) is 4.55. The SMILES string of the molecule is Cc1c(-c2ccco2)c(Br)c2oc(C(C)(C)C)nc2c1C#N. The second-order valence-corrected chi connectivity index (χ2v) is 7.02. The molecule has 2 heterocycles. The third-order valence-electron chi connectivity index (χ3n) is 3.55. The lowest BCUT2D eigenvalue weighted by Gasteiger charge is -2.11. The molecule has 0 spiro atoms. The highest BCUT2D eigenvalue weighted by Crippen LogP contribution is 2.41. The number of rotatable bonds is 1. The molecule has 0 saturated heterocycles. The van der Waals surface area contributed by atoms with Crippen molar-refractivity contribution in [1.29, 1.82) is 5.26 Å². The van der Waals surface area contributed by atoms with E-state index in [0.717, 1.165) is 15.6 Å². The van der Waals surface area contributed by atoms with Crippen LogP contribution in [0.4, 0.5) is 0 Å². The van der Waals surface area contributed by atoms with Gasteiger partial charge in [-0.3, -0.25) is 0 Å². The first kappa shape index (κ1) is 14.9. The zero-order chi connectivity index (χ0) is 16.1. The van der Waals surface area contributed by atoms with Gasteiger partial charge in [0, 0.05) is 11.0 Å². The lowest BCUT2D eigenvalue weighted by atomic mass is 9.97. The summed E-state index contributed by atoms with van der Waals surface area (Å²) in [5.41, 5.74) is 3.11. The number of nitrogens with zero attached hydrogens (tertiary/aromatic N) is 2. The molecular weight excluding hydrogens is 344 g/mol. The molecule has 0 atom stereocenters. The largest absolute Gasteiger partial charge is 0.464 e. The first-order chi connectivity index (χ1) is 10.3. The lowest BCUT2D eigenvalue weighted by Crippen LogP contribution is -2.11. The van der Waals surface area contributed by atoms with Gasteiger partial charge in [0.25, 0.3) is 0 Å². The average molecular weight is 359 g/mol. The first-order valence-corrected chi connectivity index (χ1v) is 7.71. The third kappa shape index (κ3) is 2.15. The Labute approximate surface area is 136 Å². The normalized spacial score (nSPS) is 11.8. The van der Waals surface area contributed by atoms with Crippen LogP contribution in [-0.4, -0.2) is 4.98 Å². The van der Waals surface area contributed by atoms with E-state index in [1.54, 1.807) is 6.26 Å². The number of hydrogen-bond donors (Lipinski definition) is 0. The van der Waals surface area contributed by atoms with Crippen LogP contribution in [0, 0.1) is 18.3 Å². The maximum absolute atomic E-state index is 9.56. The number of halogens is 1. The Hall–Kier alpha value is -2.06. The van der Waals surface area contributed by atoms with Crippen molar-refractivity contribution in [2.24, 2.45) is 0 Å². The molecule has 0 amide bonds. The Balaban J connectivity index is 2.44. The van der Waals surface area contributed by atoms with Crippen molar-refractivity contribution in [3.63, 3.8) is 0 Å². The molecule has 2 aromatic heterocycles. The Kier molecular flexibility index (Phi) is 3.37. The third-order valence-corrected chi connectivity index (χ3v) is 4.31. The van der Waals surface area contributed by atoms with E-state index in [9.17, 15) is 5.26 Å². The lowest BCUT2D eigenvalue weighted by molar-refractivity contribution is 0.410. The van der Waals surface area contributed by atoms with Crippen molar-refractivity contribution in [2.45, 2.75) is 33.1 Å². The van der Waals surface area contributed by atoms with Gasteiger partial charge in [-0.2, -0.15) is 5.26 Å². The van der Waals surface area contributed by atoms with E-state index in [4.69, 9.17) is 8.83 Å². The van der Waals surface area contributed by atoms with Gasteiger partial charge in [-0.1, -0.05) is 20.8 Å². The zero-order valence-electron chi connectivity index (χ0n) is 12.8. The van der Waals surface area contributed by atoms with Gasteiger partial charge in [0.1, 0.15) is 17.3 Å². The highest BCUT2D eigenvalue weighted by atomic mass is 79.9. The second kappa shape index (κ2) is 4.99. The molecule has 3 rings (SSSR count). The predicted molar refractivity (Wildman–Crippen MR) is 87.6 cm³/mol. The quantitative estimate of drug-likeness (QED) is 0.589. The molecule has 3 aromatic rings. The molecular formula is C17H15BrN2O2. The summed E-state index contributed by atoms with van der Waals surface area (Å²) < 4.78 is 12.2. The molecule has 4 nitrogen and oxygen atoms in total. The zero-order valence-corrected chi connectivity index (χ0v) is 14.4. The minimum Gasteiger partial charge on any atom is -0.464 e. The molecule has 22 heavy (non-hydrogen) atoms. The van der Waals surface area contributed by atoms with E-state index < -0.39 is 0 Å². The van der Waals surface area contributed by atoms with Gasteiger partial charge in [-0.15, -0.1) is 0 Å². The highest BCUT2D eigenvalue weighted by molar-refractivity contribution is 9.10. The molecule has 5 heteroatoms. The molecule has 0 bridgehead atoms. The van der Waals surface area contributed by atoms with E-state index in [1.807, 2.05) is 39.8 Å². The van der Waals surface area contributed by atoms with E-state index in [2.05, 4.69) is 27.0 Å². The van der Waals surface area contributed by atoms with Crippen LogP contribution in [0.1, 0.15) is 37.8 Å². The molecule has 0 N–H and O–H groups in total. The Bertz CT molecular complexity index is 894. The summed E-state index contributed by atoms with van der Waals surface area (Å²) in [7, 11) is 0. The number of furan rings is 1. The highest BCUT2D eigenvalue weighted by Gasteiger charge is 2.27. The minimum absolute atomic E-state index is 0.232. The van der Waals surface area contributed by atoms with Gasteiger partial charge in [-0.05, 0) is 40.5 Å². The molecule has 0 saturated carbocycles. The van der Waals surface area contributed by atoms with Gasteiger partial charge in [0.05, 0.1) is 16.3 Å². The van der Waals surface area contributed by atoms with Crippen molar-refractivity contribution in [2.75, 3.05) is 0 Å². The monoisotopic (exact) mass is 358 g/mol. The van der Waals surface area contributed by atoms with E-state index in [-0.39, 0.29) is 5.41 Å². The van der Waals surface area contributed by atoms with Gasteiger partial charge >= 0.3 is 0 Å². The Morgan fingerprint density at radius 3 is 2.59 bits per heavy atom. The fraction of sp³-hybridized carbons (Fsp3) is 0.294. The van der Waals surface area contributed by atoms with Crippen LogP contribution < -0.4 is 0 Å². The van der Waals surface area contributed by atoms with E-state index in [1.165, 1.54) is 0 Å². The summed E-state index contributed by atoms with van der Waals surface area (Å²) in [6.45, 7) is 7.97. The number of hydrogen-bond acceptors (Lipinski definition) is 4. The van der Waals surface area contributed by atoms with Crippen molar-refractivity contribution in [3.8, 4) is 17.4 Å². The first-order valence-electron chi connectivity index (χ1n) is 6.91.